The maximum absolute atomic E-state index is 5.64. The Morgan fingerprint density at radius 3 is 2.79 bits per heavy atom. The van der Waals surface area contributed by atoms with Crippen molar-refractivity contribution >= 4 is 15.9 Å². The van der Waals surface area contributed by atoms with Gasteiger partial charge < -0.3 is 9.47 Å². The van der Waals surface area contributed by atoms with E-state index >= 15 is 0 Å². The highest BCUT2D eigenvalue weighted by Gasteiger charge is 2.15. The molecule has 1 unspecified atom stereocenters. The summed E-state index contributed by atoms with van der Waals surface area (Å²) in [6.45, 7) is 2.49. The molecule has 3 heteroatoms. The van der Waals surface area contributed by atoms with E-state index in [1.807, 2.05) is 24.3 Å². The predicted octanol–water partition coefficient (Wildman–Crippen LogP) is 2.86. The highest BCUT2D eigenvalue weighted by molar-refractivity contribution is 9.10. The normalized spacial score (nSPS) is 21.1. The van der Waals surface area contributed by atoms with Crippen LogP contribution < -0.4 is 4.74 Å². The molecule has 1 saturated heterocycles. The van der Waals surface area contributed by atoms with E-state index in [1.165, 1.54) is 0 Å². The van der Waals surface area contributed by atoms with E-state index in [0.29, 0.717) is 5.92 Å². The molecule has 2 rings (SSSR count). The van der Waals surface area contributed by atoms with Crippen LogP contribution in [0.2, 0.25) is 0 Å². The maximum atomic E-state index is 5.64. The average Bonchev–Trinajstić information content (AvgIpc) is 2.70. The lowest BCUT2D eigenvalue weighted by atomic mass is 10.1. The fourth-order valence-electron chi connectivity index (χ4n) is 1.46. The van der Waals surface area contributed by atoms with Crippen LogP contribution in [-0.4, -0.2) is 19.8 Å². The van der Waals surface area contributed by atoms with Crippen LogP contribution in [0.5, 0.6) is 5.75 Å². The molecule has 1 aromatic carbocycles. The molecule has 2 nitrogen and oxygen atoms in total. The molecule has 1 aliphatic heterocycles. The van der Waals surface area contributed by atoms with Crippen LogP contribution >= 0.6 is 15.9 Å². The number of hydrogen-bond donors (Lipinski definition) is 0. The van der Waals surface area contributed by atoms with Gasteiger partial charge in [0.1, 0.15) is 5.75 Å². The minimum absolute atomic E-state index is 0.568. The Morgan fingerprint density at radius 1 is 1.36 bits per heavy atom. The lowest BCUT2D eigenvalue weighted by Gasteiger charge is -2.09. The Bertz CT molecular complexity index is 278. The summed E-state index contributed by atoms with van der Waals surface area (Å²) in [7, 11) is 0. The standard InChI is InChI=1S/C11H13BrO2/c12-10-1-3-11(4-2-10)14-8-9-5-6-13-7-9/h1-4,9H,5-8H2. The van der Waals surface area contributed by atoms with E-state index in [4.69, 9.17) is 9.47 Å². The van der Waals surface area contributed by atoms with Crippen LogP contribution in [-0.2, 0) is 4.74 Å². The van der Waals surface area contributed by atoms with E-state index in [1.54, 1.807) is 0 Å². The minimum atomic E-state index is 0.568. The monoisotopic (exact) mass is 256 g/mol. The lowest BCUT2D eigenvalue weighted by molar-refractivity contribution is 0.167. The van der Waals surface area contributed by atoms with Gasteiger partial charge in [0.2, 0.25) is 0 Å². The molecular weight excluding hydrogens is 244 g/mol. The first kappa shape index (κ1) is 9.99. The molecule has 0 N–H and O–H groups in total. The van der Waals surface area contributed by atoms with Gasteiger partial charge in [0, 0.05) is 17.0 Å². The zero-order chi connectivity index (χ0) is 9.80. The third kappa shape index (κ3) is 2.72. The number of hydrogen-bond acceptors (Lipinski definition) is 2. The van der Waals surface area contributed by atoms with Crippen molar-refractivity contribution in [3.63, 3.8) is 0 Å². The largest absolute Gasteiger partial charge is 0.493 e. The smallest absolute Gasteiger partial charge is 0.119 e. The predicted molar refractivity (Wildman–Crippen MR) is 58.6 cm³/mol. The van der Waals surface area contributed by atoms with E-state index < -0.39 is 0 Å². The van der Waals surface area contributed by atoms with Crippen LogP contribution in [0.4, 0.5) is 0 Å². The maximum Gasteiger partial charge on any atom is 0.119 e. The van der Waals surface area contributed by atoms with Crippen molar-refractivity contribution in [1.29, 1.82) is 0 Å². The zero-order valence-corrected chi connectivity index (χ0v) is 9.50. The highest BCUT2D eigenvalue weighted by atomic mass is 79.9. The summed E-state index contributed by atoms with van der Waals surface area (Å²) >= 11 is 3.39. The van der Waals surface area contributed by atoms with E-state index in [-0.39, 0.29) is 0 Å². The fraction of sp³-hybridized carbons (Fsp3) is 0.455. The van der Waals surface area contributed by atoms with Gasteiger partial charge in [-0.05, 0) is 30.7 Å². The molecule has 0 amide bonds. The van der Waals surface area contributed by atoms with Gasteiger partial charge in [-0.3, -0.25) is 0 Å². The van der Waals surface area contributed by atoms with E-state index in [0.717, 1.165) is 36.5 Å². The van der Waals surface area contributed by atoms with Crippen molar-refractivity contribution < 1.29 is 9.47 Å². The molecule has 0 aliphatic carbocycles. The molecule has 0 bridgehead atoms. The Hall–Kier alpha value is -0.540. The van der Waals surface area contributed by atoms with E-state index in [2.05, 4.69) is 15.9 Å². The molecule has 1 aromatic rings. The number of halogens is 1. The first-order valence-corrected chi connectivity index (χ1v) is 5.60. The highest BCUT2D eigenvalue weighted by Crippen LogP contribution is 2.18. The molecule has 0 spiro atoms. The van der Waals surface area contributed by atoms with Gasteiger partial charge >= 0.3 is 0 Å². The summed E-state index contributed by atoms with van der Waals surface area (Å²) in [6, 6.07) is 7.92. The quantitative estimate of drug-likeness (QED) is 0.828. The van der Waals surface area contributed by atoms with Crippen molar-refractivity contribution in [2.45, 2.75) is 6.42 Å². The summed E-state index contributed by atoms with van der Waals surface area (Å²) in [4.78, 5) is 0. The van der Waals surface area contributed by atoms with Crippen LogP contribution in [0.25, 0.3) is 0 Å². The van der Waals surface area contributed by atoms with Gasteiger partial charge in [-0.2, -0.15) is 0 Å². The second kappa shape index (κ2) is 4.80. The molecule has 1 fully saturated rings. The van der Waals surface area contributed by atoms with Crippen molar-refractivity contribution in [2.75, 3.05) is 19.8 Å². The van der Waals surface area contributed by atoms with Crippen molar-refractivity contribution in [3.8, 4) is 5.75 Å². The SMILES string of the molecule is Brc1ccc(OCC2CCOC2)cc1. The summed E-state index contributed by atoms with van der Waals surface area (Å²) in [5.41, 5.74) is 0. The second-order valence-corrected chi connectivity index (χ2v) is 4.41. The molecule has 0 aromatic heterocycles. The van der Waals surface area contributed by atoms with Gasteiger partial charge in [0.25, 0.3) is 0 Å². The number of benzene rings is 1. The van der Waals surface area contributed by atoms with Crippen molar-refractivity contribution in [3.05, 3.63) is 28.7 Å². The fourth-order valence-corrected chi connectivity index (χ4v) is 1.72. The van der Waals surface area contributed by atoms with Crippen molar-refractivity contribution in [1.82, 2.24) is 0 Å². The van der Waals surface area contributed by atoms with Crippen LogP contribution in [0.1, 0.15) is 6.42 Å². The van der Waals surface area contributed by atoms with Gasteiger partial charge in [-0.1, -0.05) is 15.9 Å². The van der Waals surface area contributed by atoms with Gasteiger partial charge in [-0.15, -0.1) is 0 Å². The third-order valence-corrected chi connectivity index (χ3v) is 2.85. The summed E-state index contributed by atoms with van der Waals surface area (Å²) in [5.74, 6) is 1.50. The summed E-state index contributed by atoms with van der Waals surface area (Å²) in [6.07, 6.45) is 1.12. The van der Waals surface area contributed by atoms with Crippen molar-refractivity contribution in [2.24, 2.45) is 5.92 Å². The zero-order valence-electron chi connectivity index (χ0n) is 7.91. The summed E-state index contributed by atoms with van der Waals surface area (Å²) in [5, 5.41) is 0. The van der Waals surface area contributed by atoms with Crippen LogP contribution in [0.15, 0.2) is 28.7 Å². The molecule has 1 aliphatic rings. The first-order chi connectivity index (χ1) is 6.84. The number of ether oxygens (including phenoxy) is 2. The molecule has 14 heavy (non-hydrogen) atoms. The molecule has 76 valence electrons. The van der Waals surface area contributed by atoms with Crippen LogP contribution in [0.3, 0.4) is 0 Å². The minimum Gasteiger partial charge on any atom is -0.493 e. The molecule has 1 heterocycles. The van der Waals surface area contributed by atoms with Gasteiger partial charge in [0.15, 0.2) is 0 Å². The third-order valence-electron chi connectivity index (χ3n) is 2.32. The Labute approximate surface area is 92.3 Å². The Morgan fingerprint density at radius 2 is 2.14 bits per heavy atom. The average molecular weight is 257 g/mol. The Balaban J connectivity index is 1.82. The second-order valence-electron chi connectivity index (χ2n) is 3.49. The van der Waals surface area contributed by atoms with Crippen LogP contribution in [0, 0.1) is 5.92 Å². The molecular formula is C11H13BrO2. The van der Waals surface area contributed by atoms with Gasteiger partial charge in [0.05, 0.1) is 13.2 Å². The molecule has 0 radical (unpaired) electrons. The molecule has 0 saturated carbocycles. The van der Waals surface area contributed by atoms with E-state index in [9.17, 15) is 0 Å². The topological polar surface area (TPSA) is 18.5 Å². The number of rotatable bonds is 3. The summed E-state index contributed by atoms with van der Waals surface area (Å²) < 4.78 is 12.0. The Kier molecular flexibility index (Phi) is 3.43. The first-order valence-electron chi connectivity index (χ1n) is 4.81. The molecule has 1 atom stereocenters. The van der Waals surface area contributed by atoms with Gasteiger partial charge in [-0.25, -0.2) is 0 Å². The lowest BCUT2D eigenvalue weighted by Crippen LogP contribution is -2.11.